The van der Waals surface area contributed by atoms with Gasteiger partial charge in [-0.1, -0.05) is 0 Å². The zero-order valence-corrected chi connectivity index (χ0v) is 10.4. The Morgan fingerprint density at radius 3 is 2.67 bits per heavy atom. The Morgan fingerprint density at radius 1 is 1.33 bits per heavy atom. The van der Waals surface area contributed by atoms with Gasteiger partial charge in [0.2, 0.25) is 5.95 Å². The van der Waals surface area contributed by atoms with Gasteiger partial charge in [-0.05, 0) is 18.2 Å². The van der Waals surface area contributed by atoms with Crippen LogP contribution in [0.5, 0.6) is 0 Å². The molecule has 0 aliphatic heterocycles. The number of carbonyl (C=O) groups is 1. The molecular weight excluding hydrogens is 289 g/mol. The van der Waals surface area contributed by atoms with Crippen molar-refractivity contribution < 1.29 is 23.1 Å². The second-order valence-electron chi connectivity index (χ2n) is 3.95. The lowest BCUT2D eigenvalue weighted by atomic mass is 10.2. The minimum absolute atomic E-state index is 0.00156. The lowest BCUT2D eigenvalue weighted by molar-refractivity contribution is -0.141. The molecule has 2 heterocycles. The Kier molecular flexibility index (Phi) is 4.01. The van der Waals surface area contributed by atoms with Crippen molar-refractivity contribution in [2.24, 2.45) is 0 Å². The number of halogens is 3. The third kappa shape index (κ3) is 3.88. The van der Waals surface area contributed by atoms with Crippen LogP contribution in [0, 0.1) is 0 Å². The molecule has 110 valence electrons. The number of hydrogen-bond donors (Lipinski definition) is 2. The van der Waals surface area contributed by atoms with Crippen molar-refractivity contribution in [2.75, 3.05) is 11.9 Å². The monoisotopic (exact) mass is 298 g/mol. The van der Waals surface area contributed by atoms with E-state index < -0.39 is 30.3 Å². The summed E-state index contributed by atoms with van der Waals surface area (Å²) in [6.45, 7) is -0.589. The summed E-state index contributed by atoms with van der Waals surface area (Å²) >= 11 is 0. The molecule has 0 saturated heterocycles. The Bertz CT molecular complexity index is 647. The highest BCUT2D eigenvalue weighted by atomic mass is 19.4. The molecule has 2 N–H and O–H groups in total. The molecule has 0 atom stereocenters. The normalized spacial score (nSPS) is 11.2. The van der Waals surface area contributed by atoms with Crippen molar-refractivity contribution in [1.82, 2.24) is 15.0 Å². The molecule has 2 aromatic heterocycles. The molecule has 0 spiro atoms. The first-order valence-electron chi connectivity index (χ1n) is 5.68. The van der Waals surface area contributed by atoms with Crippen molar-refractivity contribution in [3.63, 3.8) is 0 Å². The fourth-order valence-electron chi connectivity index (χ4n) is 1.49. The van der Waals surface area contributed by atoms with Gasteiger partial charge in [0.05, 0.1) is 5.69 Å². The van der Waals surface area contributed by atoms with Gasteiger partial charge in [0, 0.05) is 18.0 Å². The highest BCUT2D eigenvalue weighted by molar-refractivity contribution is 5.72. The van der Waals surface area contributed by atoms with Crippen molar-refractivity contribution in [1.29, 1.82) is 0 Å². The van der Waals surface area contributed by atoms with E-state index in [9.17, 15) is 18.0 Å². The topological polar surface area (TPSA) is 88.0 Å². The number of aliphatic carboxylic acids is 1. The summed E-state index contributed by atoms with van der Waals surface area (Å²) in [7, 11) is 0. The molecule has 2 rings (SSSR count). The minimum atomic E-state index is -4.67. The van der Waals surface area contributed by atoms with Gasteiger partial charge in [-0.3, -0.25) is 9.78 Å². The third-order valence-corrected chi connectivity index (χ3v) is 2.37. The number of alkyl halides is 3. The largest absolute Gasteiger partial charge is 0.480 e. The van der Waals surface area contributed by atoms with Crippen LogP contribution >= 0.6 is 0 Å². The number of hydrogen-bond acceptors (Lipinski definition) is 5. The van der Waals surface area contributed by atoms with Crippen LogP contribution in [-0.2, 0) is 11.0 Å². The predicted octanol–water partition coefficient (Wildman–Crippen LogP) is 2.05. The summed E-state index contributed by atoms with van der Waals surface area (Å²) in [6.07, 6.45) is -1.85. The first-order chi connectivity index (χ1) is 9.86. The van der Waals surface area contributed by atoms with Crippen molar-refractivity contribution in [2.45, 2.75) is 6.18 Å². The second-order valence-corrected chi connectivity index (χ2v) is 3.95. The number of aromatic nitrogens is 3. The molecule has 21 heavy (non-hydrogen) atoms. The summed E-state index contributed by atoms with van der Waals surface area (Å²) in [6, 6.07) is 3.87. The van der Waals surface area contributed by atoms with Crippen LogP contribution in [0.3, 0.4) is 0 Å². The van der Waals surface area contributed by atoms with Gasteiger partial charge in [0.15, 0.2) is 5.69 Å². The predicted molar refractivity (Wildman–Crippen MR) is 66.4 cm³/mol. The number of carboxylic acids is 1. The maximum atomic E-state index is 12.8. The molecule has 0 amide bonds. The van der Waals surface area contributed by atoms with Gasteiger partial charge >= 0.3 is 12.1 Å². The number of nitrogens with zero attached hydrogens (tertiary/aromatic N) is 3. The molecule has 0 aliphatic carbocycles. The molecule has 2 aromatic rings. The molecule has 0 saturated carbocycles. The molecule has 0 fully saturated rings. The lowest BCUT2D eigenvalue weighted by Gasteiger charge is -2.10. The fraction of sp³-hybridized carbons (Fsp3) is 0.167. The van der Waals surface area contributed by atoms with Crippen molar-refractivity contribution in [3.8, 4) is 11.3 Å². The molecule has 0 aliphatic rings. The smallest absolute Gasteiger partial charge is 0.433 e. The molecule has 0 aromatic carbocycles. The number of rotatable bonds is 4. The average molecular weight is 298 g/mol. The summed E-state index contributed by atoms with van der Waals surface area (Å²) in [5.74, 6) is -1.65. The van der Waals surface area contributed by atoms with E-state index in [1.165, 1.54) is 18.5 Å². The van der Waals surface area contributed by atoms with Gasteiger partial charge in [0.25, 0.3) is 0 Å². The van der Waals surface area contributed by atoms with Crippen molar-refractivity contribution in [3.05, 3.63) is 36.3 Å². The van der Waals surface area contributed by atoms with E-state index in [1.54, 1.807) is 6.07 Å². The highest BCUT2D eigenvalue weighted by Gasteiger charge is 2.33. The summed E-state index contributed by atoms with van der Waals surface area (Å²) in [4.78, 5) is 21.4. The Balaban J connectivity index is 2.45. The summed E-state index contributed by atoms with van der Waals surface area (Å²) in [5, 5.41) is 10.8. The molecule has 0 unspecified atom stereocenters. The average Bonchev–Trinajstić information content (AvgIpc) is 2.45. The minimum Gasteiger partial charge on any atom is -0.480 e. The van der Waals surface area contributed by atoms with E-state index in [1.807, 2.05) is 0 Å². The van der Waals surface area contributed by atoms with E-state index in [2.05, 4.69) is 20.3 Å². The van der Waals surface area contributed by atoms with Gasteiger partial charge in [-0.2, -0.15) is 13.2 Å². The molecule has 0 bridgehead atoms. The van der Waals surface area contributed by atoms with E-state index in [4.69, 9.17) is 5.11 Å². The second kappa shape index (κ2) is 5.73. The maximum absolute atomic E-state index is 12.8. The van der Waals surface area contributed by atoms with E-state index >= 15 is 0 Å². The number of anilines is 1. The Labute approximate surface area is 116 Å². The van der Waals surface area contributed by atoms with E-state index in [0.29, 0.717) is 5.56 Å². The Hall–Kier alpha value is -2.71. The number of carboxylic acid groups (broad SMARTS) is 1. The lowest BCUT2D eigenvalue weighted by Crippen LogP contribution is -2.17. The van der Waals surface area contributed by atoms with Crippen LogP contribution in [0.1, 0.15) is 5.69 Å². The summed E-state index contributed by atoms with van der Waals surface area (Å²) < 4.78 is 38.4. The van der Waals surface area contributed by atoms with Gasteiger partial charge in [-0.15, -0.1) is 0 Å². The zero-order valence-electron chi connectivity index (χ0n) is 10.4. The van der Waals surface area contributed by atoms with Crippen LogP contribution in [-0.4, -0.2) is 32.6 Å². The molecule has 6 nitrogen and oxygen atoms in total. The van der Waals surface area contributed by atoms with Crippen LogP contribution in [0.2, 0.25) is 0 Å². The highest BCUT2D eigenvalue weighted by Crippen LogP contribution is 2.30. The van der Waals surface area contributed by atoms with Gasteiger partial charge < -0.3 is 10.4 Å². The number of nitrogens with one attached hydrogen (secondary N) is 1. The first kappa shape index (κ1) is 14.7. The van der Waals surface area contributed by atoms with Crippen LogP contribution in [0.4, 0.5) is 19.1 Å². The third-order valence-electron chi connectivity index (χ3n) is 2.37. The quantitative estimate of drug-likeness (QED) is 0.898. The van der Waals surface area contributed by atoms with Crippen LogP contribution in [0.25, 0.3) is 11.3 Å². The van der Waals surface area contributed by atoms with Crippen LogP contribution < -0.4 is 5.32 Å². The standard InChI is InChI=1S/C12H9F3N4O2/c13-12(14,15)9-4-8(7-2-1-3-16-5-7)18-11(19-9)17-6-10(20)21/h1-5H,6H2,(H,20,21)(H,17,18,19). The Morgan fingerprint density at radius 2 is 2.10 bits per heavy atom. The number of pyridine rings is 1. The first-order valence-corrected chi connectivity index (χ1v) is 5.68. The van der Waals surface area contributed by atoms with Crippen molar-refractivity contribution >= 4 is 11.9 Å². The van der Waals surface area contributed by atoms with E-state index in [0.717, 1.165) is 6.07 Å². The molecule has 9 heteroatoms. The van der Waals surface area contributed by atoms with E-state index in [-0.39, 0.29) is 5.69 Å². The molecule has 0 radical (unpaired) electrons. The van der Waals surface area contributed by atoms with Crippen LogP contribution in [0.15, 0.2) is 30.6 Å². The SMILES string of the molecule is O=C(O)CNc1nc(-c2cccnc2)cc(C(F)(F)F)n1. The maximum Gasteiger partial charge on any atom is 0.433 e. The fourth-order valence-corrected chi connectivity index (χ4v) is 1.49. The van der Waals surface area contributed by atoms with Gasteiger partial charge in [0.1, 0.15) is 6.54 Å². The van der Waals surface area contributed by atoms with Gasteiger partial charge in [-0.25, -0.2) is 9.97 Å². The molecular formula is C12H9F3N4O2. The summed E-state index contributed by atoms with van der Waals surface area (Å²) in [5.41, 5.74) is -0.800. The zero-order chi connectivity index (χ0) is 15.5.